The Kier molecular flexibility index (Phi) is 4.49. The maximum atomic E-state index is 6.14. The normalized spacial score (nSPS) is 12.2. The second-order valence-corrected chi connectivity index (χ2v) is 5.93. The molecule has 0 saturated heterocycles. The molecule has 108 valence electrons. The van der Waals surface area contributed by atoms with E-state index in [0.29, 0.717) is 12.3 Å². The molecule has 1 aromatic carbocycles. The number of rotatable bonds is 5. The van der Waals surface area contributed by atoms with Crippen LogP contribution in [0.15, 0.2) is 18.2 Å². The number of anilines is 2. The molecular formula is C15H21N3OS. The number of nitrogen functional groups attached to an aromatic ring is 1. The molecule has 0 bridgehead atoms. The maximum Gasteiger partial charge on any atom is 0.144 e. The molecule has 4 nitrogen and oxygen atoms in total. The first-order valence-electron chi connectivity index (χ1n) is 6.74. The fourth-order valence-electron chi connectivity index (χ4n) is 2.20. The predicted molar refractivity (Wildman–Crippen MR) is 85.6 cm³/mol. The third-order valence-corrected chi connectivity index (χ3v) is 4.33. The van der Waals surface area contributed by atoms with E-state index in [2.05, 4.69) is 17.2 Å². The van der Waals surface area contributed by atoms with E-state index in [9.17, 15) is 0 Å². The number of thiazole rings is 1. The highest BCUT2D eigenvalue weighted by Crippen LogP contribution is 2.33. The van der Waals surface area contributed by atoms with Crippen molar-refractivity contribution in [3.63, 3.8) is 0 Å². The van der Waals surface area contributed by atoms with Crippen LogP contribution in [-0.2, 0) is 0 Å². The fraction of sp³-hybridized carbons (Fsp3) is 0.400. The first-order chi connectivity index (χ1) is 9.52. The summed E-state index contributed by atoms with van der Waals surface area (Å²) in [4.78, 5) is 5.71. The van der Waals surface area contributed by atoms with Gasteiger partial charge in [-0.1, -0.05) is 6.07 Å². The van der Waals surface area contributed by atoms with Gasteiger partial charge in [0.15, 0.2) is 0 Å². The number of hydrogen-bond donors (Lipinski definition) is 2. The summed E-state index contributed by atoms with van der Waals surface area (Å²) in [6, 6.07) is 5.97. The van der Waals surface area contributed by atoms with E-state index >= 15 is 0 Å². The smallest absolute Gasteiger partial charge is 0.144 e. The van der Waals surface area contributed by atoms with Crippen molar-refractivity contribution in [3.8, 4) is 5.75 Å². The third kappa shape index (κ3) is 3.04. The molecule has 0 amide bonds. The van der Waals surface area contributed by atoms with Crippen molar-refractivity contribution in [1.29, 1.82) is 0 Å². The average Bonchev–Trinajstić information content (AvgIpc) is 2.73. The monoisotopic (exact) mass is 291 g/mol. The van der Waals surface area contributed by atoms with Gasteiger partial charge in [-0.15, -0.1) is 11.3 Å². The number of aryl methyl sites for hydroxylation is 2. The van der Waals surface area contributed by atoms with Gasteiger partial charge in [-0.25, -0.2) is 4.98 Å². The van der Waals surface area contributed by atoms with Gasteiger partial charge >= 0.3 is 0 Å². The van der Waals surface area contributed by atoms with Crippen LogP contribution in [0.25, 0.3) is 0 Å². The topological polar surface area (TPSA) is 60.2 Å². The van der Waals surface area contributed by atoms with Crippen LogP contribution in [0.3, 0.4) is 0 Å². The molecule has 0 spiro atoms. The van der Waals surface area contributed by atoms with Gasteiger partial charge in [-0.3, -0.25) is 0 Å². The van der Waals surface area contributed by atoms with E-state index in [1.165, 1.54) is 4.88 Å². The molecule has 0 fully saturated rings. The first-order valence-corrected chi connectivity index (χ1v) is 7.56. The van der Waals surface area contributed by atoms with Crippen LogP contribution < -0.4 is 15.8 Å². The van der Waals surface area contributed by atoms with Gasteiger partial charge in [-0.2, -0.15) is 0 Å². The Balaban J connectivity index is 2.21. The van der Waals surface area contributed by atoms with Crippen LogP contribution in [0.2, 0.25) is 0 Å². The minimum Gasteiger partial charge on any atom is -0.492 e. The number of para-hydroxylation sites is 1. The second-order valence-electron chi connectivity index (χ2n) is 4.70. The summed E-state index contributed by atoms with van der Waals surface area (Å²) in [5, 5.41) is 4.53. The molecular weight excluding hydrogens is 270 g/mol. The molecule has 0 saturated carbocycles. The van der Waals surface area contributed by atoms with Crippen LogP contribution in [0.1, 0.15) is 35.5 Å². The Morgan fingerprint density at radius 2 is 2.15 bits per heavy atom. The van der Waals surface area contributed by atoms with E-state index in [0.717, 1.165) is 22.1 Å². The quantitative estimate of drug-likeness (QED) is 0.820. The van der Waals surface area contributed by atoms with E-state index in [1.54, 1.807) is 11.3 Å². The Morgan fingerprint density at radius 1 is 1.40 bits per heavy atom. The van der Waals surface area contributed by atoms with Gasteiger partial charge in [-0.05, 0) is 39.8 Å². The minimum absolute atomic E-state index is 0.167. The minimum atomic E-state index is 0.167. The van der Waals surface area contributed by atoms with E-state index in [4.69, 9.17) is 10.5 Å². The van der Waals surface area contributed by atoms with Crippen LogP contribution in [0.4, 0.5) is 11.4 Å². The third-order valence-electron chi connectivity index (χ3n) is 3.07. The lowest BCUT2D eigenvalue weighted by molar-refractivity contribution is 0.342. The Hall–Kier alpha value is -1.75. The molecule has 0 aliphatic carbocycles. The summed E-state index contributed by atoms with van der Waals surface area (Å²) in [6.07, 6.45) is 0. The lowest BCUT2D eigenvalue weighted by atomic mass is 10.2. The van der Waals surface area contributed by atoms with Gasteiger partial charge in [0.25, 0.3) is 0 Å². The number of nitrogens with zero attached hydrogens (tertiary/aromatic N) is 1. The predicted octanol–water partition coefficient (Wildman–Crippen LogP) is 3.91. The highest BCUT2D eigenvalue weighted by Gasteiger charge is 2.15. The van der Waals surface area contributed by atoms with Crippen molar-refractivity contribution in [2.24, 2.45) is 0 Å². The van der Waals surface area contributed by atoms with Crippen molar-refractivity contribution < 1.29 is 4.74 Å². The zero-order valence-electron chi connectivity index (χ0n) is 12.4. The Labute approximate surface area is 124 Å². The second kappa shape index (κ2) is 6.13. The Morgan fingerprint density at radius 3 is 2.75 bits per heavy atom. The van der Waals surface area contributed by atoms with Crippen molar-refractivity contribution in [1.82, 2.24) is 4.98 Å². The number of ether oxygens (including phenoxy) is 1. The molecule has 5 heteroatoms. The molecule has 0 aliphatic heterocycles. The summed E-state index contributed by atoms with van der Waals surface area (Å²) < 4.78 is 5.52. The molecule has 20 heavy (non-hydrogen) atoms. The molecule has 0 aliphatic rings. The zero-order valence-corrected chi connectivity index (χ0v) is 13.2. The maximum absolute atomic E-state index is 6.14. The number of benzene rings is 1. The summed E-state index contributed by atoms with van der Waals surface area (Å²) >= 11 is 1.72. The standard InChI is InChI=1S/C15H21N3OS/c1-5-19-13-8-6-7-12(14(13)16)18-10(3)15-9(2)17-11(4)20-15/h6-8,10,18H,5,16H2,1-4H3. The van der Waals surface area contributed by atoms with Gasteiger partial charge in [0, 0.05) is 4.88 Å². The molecule has 2 aromatic rings. The van der Waals surface area contributed by atoms with Crippen molar-refractivity contribution in [2.75, 3.05) is 17.7 Å². The summed E-state index contributed by atoms with van der Waals surface area (Å²) in [6.45, 7) is 8.74. The number of hydrogen-bond acceptors (Lipinski definition) is 5. The highest BCUT2D eigenvalue weighted by molar-refractivity contribution is 7.11. The summed E-state index contributed by atoms with van der Waals surface area (Å²) in [5.41, 5.74) is 8.77. The van der Waals surface area contributed by atoms with Crippen LogP contribution in [0.5, 0.6) is 5.75 Å². The van der Waals surface area contributed by atoms with E-state index in [-0.39, 0.29) is 6.04 Å². The van der Waals surface area contributed by atoms with Gasteiger partial charge in [0.1, 0.15) is 5.75 Å². The van der Waals surface area contributed by atoms with Crippen LogP contribution >= 0.6 is 11.3 Å². The van der Waals surface area contributed by atoms with Crippen LogP contribution in [-0.4, -0.2) is 11.6 Å². The van der Waals surface area contributed by atoms with Crippen LogP contribution in [0, 0.1) is 13.8 Å². The van der Waals surface area contributed by atoms with Crippen molar-refractivity contribution >= 4 is 22.7 Å². The lowest BCUT2D eigenvalue weighted by Crippen LogP contribution is -2.09. The molecule has 0 radical (unpaired) electrons. The SMILES string of the molecule is CCOc1cccc(NC(C)c2sc(C)nc2C)c1N. The first kappa shape index (κ1) is 14.7. The summed E-state index contributed by atoms with van der Waals surface area (Å²) in [5.74, 6) is 0.724. The number of nitrogens with one attached hydrogen (secondary N) is 1. The lowest BCUT2D eigenvalue weighted by Gasteiger charge is -2.17. The average molecular weight is 291 g/mol. The number of nitrogens with two attached hydrogens (primary N) is 1. The van der Waals surface area contributed by atoms with Crippen molar-refractivity contribution in [2.45, 2.75) is 33.7 Å². The van der Waals surface area contributed by atoms with Crippen molar-refractivity contribution in [3.05, 3.63) is 33.8 Å². The Bertz CT molecular complexity index is 595. The largest absolute Gasteiger partial charge is 0.492 e. The van der Waals surface area contributed by atoms with E-state index < -0.39 is 0 Å². The molecule has 3 N–H and O–H groups in total. The van der Waals surface area contributed by atoms with E-state index in [1.807, 2.05) is 39.0 Å². The van der Waals surface area contributed by atoms with Gasteiger partial charge in [0.05, 0.1) is 34.7 Å². The molecule has 1 atom stereocenters. The number of aromatic nitrogens is 1. The molecule has 1 unspecified atom stereocenters. The highest BCUT2D eigenvalue weighted by atomic mass is 32.1. The molecule has 1 aromatic heterocycles. The van der Waals surface area contributed by atoms with Gasteiger partial charge in [0.2, 0.25) is 0 Å². The zero-order chi connectivity index (χ0) is 14.7. The fourth-order valence-corrected chi connectivity index (χ4v) is 3.13. The van der Waals surface area contributed by atoms with Gasteiger partial charge < -0.3 is 15.8 Å². The molecule has 2 rings (SSSR count). The summed E-state index contributed by atoms with van der Waals surface area (Å²) in [7, 11) is 0. The molecule has 1 heterocycles.